The first kappa shape index (κ1) is 14.5. The standard InChI is InChI=1S/C17H11N3O3/c1-22-17(21)14-7-3-5-12(9-14)15-19-16(23-20-15)13-6-2-4-11(8-13)10-18/h2-9H,1H3. The molecule has 0 N–H and O–H groups in total. The summed E-state index contributed by atoms with van der Waals surface area (Å²) >= 11 is 0. The predicted molar refractivity (Wildman–Crippen MR) is 81.2 cm³/mol. The first-order valence-electron chi connectivity index (χ1n) is 6.74. The largest absolute Gasteiger partial charge is 0.465 e. The maximum Gasteiger partial charge on any atom is 0.337 e. The van der Waals surface area contributed by atoms with Gasteiger partial charge in [-0.15, -0.1) is 0 Å². The van der Waals surface area contributed by atoms with Crippen molar-refractivity contribution in [3.8, 4) is 28.9 Å². The fourth-order valence-electron chi connectivity index (χ4n) is 2.08. The van der Waals surface area contributed by atoms with E-state index in [0.717, 1.165) is 0 Å². The Balaban J connectivity index is 1.96. The molecule has 0 aliphatic carbocycles. The molecule has 3 aromatic rings. The monoisotopic (exact) mass is 305 g/mol. The zero-order valence-electron chi connectivity index (χ0n) is 12.2. The number of carbonyl (C=O) groups is 1. The van der Waals surface area contributed by atoms with Crippen molar-refractivity contribution in [3.63, 3.8) is 0 Å². The molecule has 3 rings (SSSR count). The molecule has 0 saturated carbocycles. The molecule has 0 spiro atoms. The minimum Gasteiger partial charge on any atom is -0.465 e. The lowest BCUT2D eigenvalue weighted by Crippen LogP contribution is -2.00. The molecule has 0 saturated heterocycles. The number of ether oxygens (including phenoxy) is 1. The van der Waals surface area contributed by atoms with E-state index in [2.05, 4.69) is 16.2 Å². The van der Waals surface area contributed by atoms with Gasteiger partial charge in [0.15, 0.2) is 0 Å². The van der Waals surface area contributed by atoms with Crippen LogP contribution < -0.4 is 0 Å². The van der Waals surface area contributed by atoms with Crippen molar-refractivity contribution >= 4 is 5.97 Å². The highest BCUT2D eigenvalue weighted by atomic mass is 16.5. The Morgan fingerprint density at radius 3 is 2.74 bits per heavy atom. The summed E-state index contributed by atoms with van der Waals surface area (Å²) in [6, 6.07) is 15.7. The summed E-state index contributed by atoms with van der Waals surface area (Å²) in [5.74, 6) is 0.228. The second-order valence-corrected chi connectivity index (χ2v) is 4.69. The number of hydrogen-bond acceptors (Lipinski definition) is 6. The molecule has 0 aliphatic heterocycles. The van der Waals surface area contributed by atoms with E-state index in [1.807, 2.05) is 0 Å². The van der Waals surface area contributed by atoms with Crippen LogP contribution in [0.1, 0.15) is 15.9 Å². The molecule has 0 atom stereocenters. The number of aromatic nitrogens is 2. The smallest absolute Gasteiger partial charge is 0.337 e. The summed E-state index contributed by atoms with van der Waals surface area (Å²) in [6.07, 6.45) is 0. The van der Waals surface area contributed by atoms with Gasteiger partial charge in [0, 0.05) is 11.1 Å². The molecule has 0 amide bonds. The highest BCUT2D eigenvalue weighted by Crippen LogP contribution is 2.23. The molecular weight excluding hydrogens is 294 g/mol. The Morgan fingerprint density at radius 1 is 1.17 bits per heavy atom. The van der Waals surface area contributed by atoms with Crippen molar-refractivity contribution in [1.29, 1.82) is 5.26 Å². The van der Waals surface area contributed by atoms with Crippen LogP contribution in [0.3, 0.4) is 0 Å². The average molecular weight is 305 g/mol. The zero-order valence-corrected chi connectivity index (χ0v) is 12.2. The van der Waals surface area contributed by atoms with Gasteiger partial charge in [0.1, 0.15) is 0 Å². The molecule has 0 radical (unpaired) electrons. The molecule has 1 heterocycles. The zero-order chi connectivity index (χ0) is 16.2. The van der Waals surface area contributed by atoms with E-state index in [1.165, 1.54) is 7.11 Å². The maximum atomic E-state index is 11.6. The first-order chi connectivity index (χ1) is 11.2. The third-order valence-corrected chi connectivity index (χ3v) is 3.21. The molecule has 2 aromatic carbocycles. The van der Waals surface area contributed by atoms with E-state index in [1.54, 1.807) is 48.5 Å². The fourth-order valence-corrected chi connectivity index (χ4v) is 2.08. The van der Waals surface area contributed by atoms with Crippen molar-refractivity contribution in [2.75, 3.05) is 7.11 Å². The molecule has 1 aromatic heterocycles. The molecule has 0 aliphatic rings. The summed E-state index contributed by atoms with van der Waals surface area (Å²) in [7, 11) is 1.32. The predicted octanol–water partition coefficient (Wildman–Crippen LogP) is 3.06. The molecule has 23 heavy (non-hydrogen) atoms. The van der Waals surface area contributed by atoms with Crippen LogP contribution in [0.15, 0.2) is 53.1 Å². The number of benzene rings is 2. The van der Waals surface area contributed by atoms with Gasteiger partial charge in [0.2, 0.25) is 5.82 Å². The van der Waals surface area contributed by atoms with Crippen LogP contribution in [-0.4, -0.2) is 23.2 Å². The van der Waals surface area contributed by atoms with E-state index in [9.17, 15) is 4.79 Å². The second-order valence-electron chi connectivity index (χ2n) is 4.69. The lowest BCUT2D eigenvalue weighted by Gasteiger charge is -2.00. The van der Waals surface area contributed by atoms with Crippen LogP contribution in [0.25, 0.3) is 22.8 Å². The van der Waals surface area contributed by atoms with Gasteiger partial charge in [-0.1, -0.05) is 23.4 Å². The van der Waals surface area contributed by atoms with E-state index < -0.39 is 5.97 Å². The van der Waals surface area contributed by atoms with E-state index in [4.69, 9.17) is 14.5 Å². The third kappa shape index (κ3) is 2.94. The van der Waals surface area contributed by atoms with E-state index >= 15 is 0 Å². The van der Waals surface area contributed by atoms with Crippen LogP contribution in [0.2, 0.25) is 0 Å². The van der Waals surface area contributed by atoms with Crippen molar-refractivity contribution in [1.82, 2.24) is 10.1 Å². The van der Waals surface area contributed by atoms with Gasteiger partial charge >= 0.3 is 5.97 Å². The Kier molecular flexibility index (Phi) is 3.85. The minimum absolute atomic E-state index is 0.306. The number of methoxy groups -OCH3 is 1. The maximum absolute atomic E-state index is 11.6. The van der Waals surface area contributed by atoms with Crippen molar-refractivity contribution in [2.24, 2.45) is 0 Å². The van der Waals surface area contributed by atoms with Gasteiger partial charge in [-0.2, -0.15) is 10.2 Å². The lowest BCUT2D eigenvalue weighted by atomic mass is 10.1. The first-order valence-corrected chi connectivity index (χ1v) is 6.74. The number of hydrogen-bond donors (Lipinski definition) is 0. The van der Waals surface area contributed by atoms with Gasteiger partial charge in [-0.05, 0) is 30.3 Å². The summed E-state index contributed by atoms with van der Waals surface area (Å²) in [5.41, 5.74) is 2.21. The van der Waals surface area contributed by atoms with Crippen molar-refractivity contribution in [2.45, 2.75) is 0 Å². The van der Waals surface area contributed by atoms with E-state index in [0.29, 0.717) is 34.0 Å². The van der Waals surface area contributed by atoms with Crippen LogP contribution in [-0.2, 0) is 4.74 Å². The lowest BCUT2D eigenvalue weighted by molar-refractivity contribution is 0.0601. The van der Waals surface area contributed by atoms with Gasteiger partial charge in [0.25, 0.3) is 5.89 Å². The van der Waals surface area contributed by atoms with Crippen LogP contribution in [0.4, 0.5) is 0 Å². The third-order valence-electron chi connectivity index (χ3n) is 3.21. The quantitative estimate of drug-likeness (QED) is 0.691. The van der Waals surface area contributed by atoms with Gasteiger partial charge < -0.3 is 9.26 Å². The molecule has 112 valence electrons. The van der Waals surface area contributed by atoms with Crippen LogP contribution in [0, 0.1) is 11.3 Å². The Labute approximate surface area is 131 Å². The fraction of sp³-hybridized carbons (Fsp3) is 0.0588. The molecule has 6 nitrogen and oxygen atoms in total. The molecule has 0 unspecified atom stereocenters. The van der Waals surface area contributed by atoms with E-state index in [-0.39, 0.29) is 0 Å². The molecule has 0 bridgehead atoms. The Hall–Kier alpha value is -3.46. The average Bonchev–Trinajstić information content (AvgIpc) is 3.11. The summed E-state index contributed by atoms with van der Waals surface area (Å²) in [4.78, 5) is 15.9. The summed E-state index contributed by atoms with van der Waals surface area (Å²) in [5, 5.41) is 12.9. The Bertz CT molecular complexity index is 909. The normalized spacial score (nSPS) is 10.1. The highest BCUT2D eigenvalue weighted by molar-refractivity contribution is 5.90. The summed E-state index contributed by atoms with van der Waals surface area (Å²) < 4.78 is 9.94. The molecule has 6 heteroatoms. The topological polar surface area (TPSA) is 89.0 Å². The van der Waals surface area contributed by atoms with Crippen molar-refractivity contribution < 1.29 is 14.1 Å². The number of rotatable bonds is 3. The van der Waals surface area contributed by atoms with Crippen LogP contribution in [0.5, 0.6) is 0 Å². The van der Waals surface area contributed by atoms with Crippen molar-refractivity contribution in [3.05, 3.63) is 59.7 Å². The number of nitriles is 1. The van der Waals surface area contributed by atoms with Gasteiger partial charge in [0.05, 0.1) is 24.3 Å². The number of esters is 1. The Morgan fingerprint density at radius 2 is 1.96 bits per heavy atom. The number of nitrogens with zero attached hydrogens (tertiary/aromatic N) is 3. The van der Waals surface area contributed by atoms with Gasteiger partial charge in [-0.3, -0.25) is 0 Å². The SMILES string of the molecule is COC(=O)c1cccc(-c2noc(-c3cccc(C#N)c3)n2)c1. The van der Waals surface area contributed by atoms with Gasteiger partial charge in [-0.25, -0.2) is 4.79 Å². The summed E-state index contributed by atoms with van der Waals surface area (Å²) in [6.45, 7) is 0. The highest BCUT2D eigenvalue weighted by Gasteiger charge is 2.13. The number of carbonyl (C=O) groups excluding carboxylic acids is 1. The second kappa shape index (κ2) is 6.12. The van der Waals surface area contributed by atoms with Crippen LogP contribution >= 0.6 is 0 Å². The minimum atomic E-state index is -0.433. The molecular formula is C17H11N3O3. The molecule has 0 fully saturated rings.